The minimum absolute atomic E-state index is 0.0598. The molecule has 2 rings (SSSR count). The summed E-state index contributed by atoms with van der Waals surface area (Å²) in [4.78, 5) is 24.1. The van der Waals surface area contributed by atoms with E-state index in [1.54, 1.807) is 0 Å². The summed E-state index contributed by atoms with van der Waals surface area (Å²) in [6, 6.07) is 1.69. The van der Waals surface area contributed by atoms with Gasteiger partial charge in [0.05, 0.1) is 11.3 Å². The highest BCUT2D eigenvalue weighted by Crippen LogP contribution is 2.33. The standard InChI is InChI=1S/C12H8ClF2NO2/c1-6(4-13)5-16-10-8(15)3-2-7(14)9(10)11(17)12(16)18/h2-3H,1,4-5H2. The molecule has 1 aliphatic rings. The Labute approximate surface area is 107 Å². The van der Waals surface area contributed by atoms with Crippen molar-refractivity contribution in [3.8, 4) is 0 Å². The molecule has 0 spiro atoms. The van der Waals surface area contributed by atoms with Crippen molar-refractivity contribution in [2.24, 2.45) is 0 Å². The van der Waals surface area contributed by atoms with E-state index in [1.807, 2.05) is 0 Å². The van der Waals surface area contributed by atoms with Crippen LogP contribution in [-0.2, 0) is 4.79 Å². The molecule has 0 unspecified atom stereocenters. The summed E-state index contributed by atoms with van der Waals surface area (Å²) in [6.45, 7) is 3.46. The topological polar surface area (TPSA) is 37.4 Å². The van der Waals surface area contributed by atoms with Crippen LogP contribution in [-0.4, -0.2) is 24.1 Å². The Morgan fingerprint density at radius 2 is 1.89 bits per heavy atom. The number of hydrogen-bond acceptors (Lipinski definition) is 2. The number of amides is 1. The Bertz CT molecular complexity index is 571. The summed E-state index contributed by atoms with van der Waals surface area (Å²) < 4.78 is 27.1. The Morgan fingerprint density at radius 1 is 1.28 bits per heavy atom. The Kier molecular flexibility index (Phi) is 3.17. The van der Waals surface area contributed by atoms with Crippen molar-refractivity contribution in [1.29, 1.82) is 0 Å². The highest BCUT2D eigenvalue weighted by molar-refractivity contribution is 6.52. The van der Waals surface area contributed by atoms with Crippen LogP contribution in [0.4, 0.5) is 14.5 Å². The zero-order valence-electron chi connectivity index (χ0n) is 9.17. The van der Waals surface area contributed by atoms with Gasteiger partial charge in [0.25, 0.3) is 11.7 Å². The highest BCUT2D eigenvalue weighted by Gasteiger charge is 2.40. The Morgan fingerprint density at radius 3 is 2.50 bits per heavy atom. The van der Waals surface area contributed by atoms with Gasteiger partial charge in [-0.15, -0.1) is 11.6 Å². The molecule has 0 saturated carbocycles. The van der Waals surface area contributed by atoms with Crippen LogP contribution in [0.5, 0.6) is 0 Å². The van der Waals surface area contributed by atoms with Crippen molar-refractivity contribution >= 4 is 29.0 Å². The number of nitrogens with zero attached hydrogens (tertiary/aromatic N) is 1. The molecule has 0 fully saturated rings. The van der Waals surface area contributed by atoms with Crippen molar-refractivity contribution in [3.63, 3.8) is 0 Å². The largest absolute Gasteiger partial charge is 0.299 e. The van der Waals surface area contributed by atoms with Gasteiger partial charge in [-0.3, -0.25) is 14.5 Å². The van der Waals surface area contributed by atoms with Gasteiger partial charge in [-0.25, -0.2) is 8.78 Å². The molecule has 1 heterocycles. The first kappa shape index (κ1) is 12.7. The van der Waals surface area contributed by atoms with Crippen molar-refractivity contribution < 1.29 is 18.4 Å². The first-order valence-corrected chi connectivity index (χ1v) is 5.57. The summed E-state index contributed by atoms with van der Waals surface area (Å²) in [5, 5.41) is 0. The molecule has 1 aromatic rings. The molecule has 0 aliphatic carbocycles. The zero-order chi connectivity index (χ0) is 13.4. The van der Waals surface area contributed by atoms with Gasteiger partial charge in [-0.2, -0.15) is 0 Å². The lowest BCUT2D eigenvalue weighted by Gasteiger charge is -2.17. The van der Waals surface area contributed by atoms with Gasteiger partial charge in [-0.1, -0.05) is 6.58 Å². The lowest BCUT2D eigenvalue weighted by Crippen LogP contribution is -2.32. The number of rotatable bonds is 3. The smallest absolute Gasteiger partial charge is 0.298 e. The van der Waals surface area contributed by atoms with E-state index < -0.39 is 28.9 Å². The summed E-state index contributed by atoms with van der Waals surface area (Å²) in [5.41, 5.74) is -0.437. The molecule has 18 heavy (non-hydrogen) atoms. The average Bonchev–Trinajstić information content (AvgIpc) is 2.60. The molecule has 0 aromatic heterocycles. The van der Waals surface area contributed by atoms with Gasteiger partial charge in [0, 0.05) is 12.4 Å². The van der Waals surface area contributed by atoms with E-state index >= 15 is 0 Å². The molecular formula is C12H8ClF2NO2. The summed E-state index contributed by atoms with van der Waals surface area (Å²) in [6.07, 6.45) is 0. The highest BCUT2D eigenvalue weighted by atomic mass is 35.5. The molecule has 3 nitrogen and oxygen atoms in total. The number of ketones is 1. The van der Waals surface area contributed by atoms with Crippen LogP contribution in [0.3, 0.4) is 0 Å². The predicted molar refractivity (Wildman–Crippen MR) is 62.9 cm³/mol. The lowest BCUT2D eigenvalue weighted by atomic mass is 10.1. The molecule has 0 N–H and O–H groups in total. The number of halogens is 3. The molecule has 1 aromatic carbocycles. The predicted octanol–water partition coefficient (Wildman–Crippen LogP) is 2.29. The van der Waals surface area contributed by atoms with Crippen LogP contribution in [0.25, 0.3) is 0 Å². The van der Waals surface area contributed by atoms with Crippen molar-refractivity contribution in [2.75, 3.05) is 17.3 Å². The number of carbonyl (C=O) groups excluding carboxylic acids is 2. The molecule has 0 bridgehead atoms. The monoisotopic (exact) mass is 271 g/mol. The lowest BCUT2D eigenvalue weighted by molar-refractivity contribution is -0.114. The fourth-order valence-electron chi connectivity index (χ4n) is 1.77. The Hall–Kier alpha value is -1.75. The fraction of sp³-hybridized carbons (Fsp3) is 0.167. The fourth-order valence-corrected chi connectivity index (χ4v) is 1.85. The number of benzene rings is 1. The second-order valence-corrected chi connectivity index (χ2v) is 4.12. The molecule has 1 amide bonds. The third-order valence-corrected chi connectivity index (χ3v) is 2.96. The SMILES string of the molecule is C=C(CCl)CN1C(=O)C(=O)c2c(F)ccc(F)c21. The number of carbonyl (C=O) groups is 2. The molecule has 0 saturated heterocycles. The van der Waals surface area contributed by atoms with Gasteiger partial charge in [0.2, 0.25) is 0 Å². The molecule has 94 valence electrons. The van der Waals surface area contributed by atoms with E-state index in [9.17, 15) is 18.4 Å². The van der Waals surface area contributed by atoms with Gasteiger partial charge in [-0.05, 0) is 17.7 Å². The van der Waals surface area contributed by atoms with Gasteiger partial charge in [0.15, 0.2) is 0 Å². The first-order chi connectivity index (χ1) is 8.47. The van der Waals surface area contributed by atoms with Crippen LogP contribution >= 0.6 is 11.6 Å². The van der Waals surface area contributed by atoms with Crippen LogP contribution in [0.15, 0.2) is 24.3 Å². The second-order valence-electron chi connectivity index (χ2n) is 3.86. The summed E-state index contributed by atoms with van der Waals surface area (Å²) in [5.74, 6) is -3.70. The van der Waals surface area contributed by atoms with E-state index in [1.165, 1.54) is 0 Å². The molecular weight excluding hydrogens is 264 g/mol. The summed E-state index contributed by atoms with van der Waals surface area (Å²) in [7, 11) is 0. The molecule has 0 radical (unpaired) electrons. The van der Waals surface area contributed by atoms with Gasteiger partial charge < -0.3 is 0 Å². The number of Topliss-reactive ketones (excluding diaryl/α,β-unsaturated/α-hetero) is 1. The van der Waals surface area contributed by atoms with Crippen molar-refractivity contribution in [3.05, 3.63) is 41.5 Å². The third kappa shape index (κ3) is 1.80. The minimum atomic E-state index is -1.05. The van der Waals surface area contributed by atoms with Crippen LogP contribution in [0.1, 0.15) is 10.4 Å². The minimum Gasteiger partial charge on any atom is -0.298 e. The number of anilines is 1. The average molecular weight is 272 g/mol. The number of fused-ring (bicyclic) bond motifs is 1. The van der Waals surface area contributed by atoms with E-state index in [4.69, 9.17) is 11.6 Å². The number of hydrogen-bond donors (Lipinski definition) is 0. The maximum Gasteiger partial charge on any atom is 0.299 e. The summed E-state index contributed by atoms with van der Waals surface area (Å²) >= 11 is 5.52. The van der Waals surface area contributed by atoms with Crippen LogP contribution in [0, 0.1) is 11.6 Å². The maximum absolute atomic E-state index is 13.6. The molecule has 6 heteroatoms. The first-order valence-electron chi connectivity index (χ1n) is 5.04. The Balaban J connectivity index is 2.55. The second kappa shape index (κ2) is 4.49. The van der Waals surface area contributed by atoms with E-state index in [2.05, 4.69) is 6.58 Å². The van der Waals surface area contributed by atoms with Crippen LogP contribution < -0.4 is 4.90 Å². The molecule has 1 aliphatic heterocycles. The van der Waals surface area contributed by atoms with Crippen molar-refractivity contribution in [1.82, 2.24) is 0 Å². The van der Waals surface area contributed by atoms with E-state index in [-0.39, 0.29) is 18.1 Å². The quantitative estimate of drug-likeness (QED) is 0.480. The van der Waals surface area contributed by atoms with Gasteiger partial charge in [0.1, 0.15) is 11.6 Å². The van der Waals surface area contributed by atoms with Gasteiger partial charge >= 0.3 is 0 Å². The zero-order valence-corrected chi connectivity index (χ0v) is 9.93. The third-order valence-electron chi connectivity index (χ3n) is 2.58. The van der Waals surface area contributed by atoms with Crippen LogP contribution in [0.2, 0.25) is 0 Å². The normalized spacial score (nSPS) is 14.1. The molecule has 0 atom stereocenters. The van der Waals surface area contributed by atoms with E-state index in [0.717, 1.165) is 17.0 Å². The number of alkyl halides is 1. The maximum atomic E-state index is 13.6. The van der Waals surface area contributed by atoms with E-state index in [0.29, 0.717) is 5.57 Å². The van der Waals surface area contributed by atoms with Crippen molar-refractivity contribution in [2.45, 2.75) is 0 Å².